The van der Waals surface area contributed by atoms with E-state index in [-0.39, 0.29) is 18.6 Å². The Morgan fingerprint density at radius 3 is 3.00 bits per heavy atom. The molecule has 2 aromatic rings. The van der Waals surface area contributed by atoms with E-state index in [2.05, 4.69) is 10.1 Å². The fourth-order valence-corrected chi connectivity index (χ4v) is 3.91. The normalized spacial score (nSPS) is 17.0. The third kappa shape index (κ3) is 5.09. The summed E-state index contributed by atoms with van der Waals surface area (Å²) in [5.41, 5.74) is 1.12. The number of hydrogen-bond acceptors (Lipinski definition) is 7. The van der Waals surface area contributed by atoms with E-state index in [1.165, 1.54) is 11.8 Å². The average molecular weight is 389 g/mol. The molecule has 3 heterocycles. The fourth-order valence-electron chi connectivity index (χ4n) is 3.05. The standard InChI is InChI=1S/C19H23N3O4S/c1-13-6-3-4-9-22(13)17(23)11-25-19(24)16-7-5-8-20-18(16)27-12-15-10-14(2)26-21-15/h5,7-8,10,13H,3-4,6,9,11-12H2,1-2H3/t13-/m1/s1. The van der Waals surface area contributed by atoms with Crippen molar-refractivity contribution < 1.29 is 18.8 Å². The number of pyridine rings is 1. The molecule has 0 unspecified atom stereocenters. The van der Waals surface area contributed by atoms with Crippen molar-refractivity contribution in [1.29, 1.82) is 0 Å². The van der Waals surface area contributed by atoms with Crippen LogP contribution in [0.4, 0.5) is 0 Å². The maximum atomic E-state index is 12.5. The van der Waals surface area contributed by atoms with E-state index in [0.717, 1.165) is 37.3 Å². The van der Waals surface area contributed by atoms with Gasteiger partial charge in [0.15, 0.2) is 6.61 Å². The SMILES string of the molecule is Cc1cc(CSc2ncccc2C(=O)OCC(=O)N2CCCC[C@H]2C)no1. The zero-order chi connectivity index (χ0) is 19.2. The van der Waals surface area contributed by atoms with E-state index in [1.807, 2.05) is 19.9 Å². The lowest BCUT2D eigenvalue weighted by molar-refractivity contribution is -0.137. The van der Waals surface area contributed by atoms with Crippen LogP contribution in [0.25, 0.3) is 0 Å². The number of hydrogen-bond donors (Lipinski definition) is 0. The van der Waals surface area contributed by atoms with Crippen molar-refractivity contribution in [3.63, 3.8) is 0 Å². The number of likely N-dealkylation sites (tertiary alicyclic amines) is 1. The molecular formula is C19H23N3O4S. The predicted octanol–water partition coefficient (Wildman–Crippen LogP) is 3.23. The van der Waals surface area contributed by atoms with Crippen LogP contribution in [0.2, 0.25) is 0 Å². The molecule has 3 rings (SSSR count). The van der Waals surface area contributed by atoms with Crippen molar-refractivity contribution in [3.8, 4) is 0 Å². The first-order valence-corrected chi connectivity index (χ1v) is 9.99. The molecule has 27 heavy (non-hydrogen) atoms. The number of aromatic nitrogens is 2. The van der Waals surface area contributed by atoms with Crippen LogP contribution in [0.15, 0.2) is 33.9 Å². The summed E-state index contributed by atoms with van der Waals surface area (Å²) in [6.07, 6.45) is 4.74. The van der Waals surface area contributed by atoms with Gasteiger partial charge in [0.1, 0.15) is 10.8 Å². The molecule has 8 heteroatoms. The molecule has 0 N–H and O–H groups in total. The lowest BCUT2D eigenvalue weighted by Gasteiger charge is -2.33. The van der Waals surface area contributed by atoms with Gasteiger partial charge in [0, 0.05) is 30.6 Å². The van der Waals surface area contributed by atoms with Gasteiger partial charge in [-0.25, -0.2) is 9.78 Å². The van der Waals surface area contributed by atoms with Crippen LogP contribution in [0.1, 0.15) is 48.0 Å². The maximum Gasteiger partial charge on any atom is 0.341 e. The molecule has 0 radical (unpaired) electrons. The van der Waals surface area contributed by atoms with Crippen molar-refractivity contribution >= 4 is 23.6 Å². The van der Waals surface area contributed by atoms with Crippen LogP contribution in [0.5, 0.6) is 0 Å². The average Bonchev–Trinajstić information content (AvgIpc) is 3.10. The molecule has 1 atom stereocenters. The highest BCUT2D eigenvalue weighted by Crippen LogP contribution is 2.25. The van der Waals surface area contributed by atoms with Crippen molar-refractivity contribution in [2.75, 3.05) is 13.2 Å². The Kier molecular flexibility index (Phi) is 6.49. The number of thioether (sulfide) groups is 1. The van der Waals surface area contributed by atoms with Gasteiger partial charge in [0.05, 0.1) is 11.3 Å². The van der Waals surface area contributed by atoms with Gasteiger partial charge in [-0.15, -0.1) is 0 Å². The van der Waals surface area contributed by atoms with Gasteiger partial charge in [-0.05, 0) is 45.2 Å². The van der Waals surface area contributed by atoms with E-state index < -0.39 is 5.97 Å². The van der Waals surface area contributed by atoms with E-state index in [9.17, 15) is 9.59 Å². The number of ether oxygens (including phenoxy) is 1. The second-order valence-corrected chi connectivity index (χ2v) is 7.55. The third-order valence-corrected chi connectivity index (χ3v) is 5.51. The fraction of sp³-hybridized carbons (Fsp3) is 0.474. The molecular weight excluding hydrogens is 366 g/mol. The minimum atomic E-state index is -0.542. The Morgan fingerprint density at radius 1 is 1.41 bits per heavy atom. The summed E-state index contributed by atoms with van der Waals surface area (Å²) < 4.78 is 10.3. The van der Waals surface area contributed by atoms with Crippen LogP contribution in [-0.4, -0.2) is 46.1 Å². The van der Waals surface area contributed by atoms with E-state index in [0.29, 0.717) is 16.3 Å². The van der Waals surface area contributed by atoms with Gasteiger partial charge in [0.2, 0.25) is 0 Å². The largest absolute Gasteiger partial charge is 0.452 e. The highest BCUT2D eigenvalue weighted by atomic mass is 32.2. The molecule has 0 aliphatic carbocycles. The van der Waals surface area contributed by atoms with Crippen LogP contribution < -0.4 is 0 Å². The molecule has 2 aromatic heterocycles. The summed E-state index contributed by atoms with van der Waals surface area (Å²) in [6, 6.07) is 5.36. The second-order valence-electron chi connectivity index (χ2n) is 6.58. The number of nitrogens with zero attached hydrogens (tertiary/aromatic N) is 3. The molecule has 1 amide bonds. The number of amides is 1. The first kappa shape index (κ1) is 19.4. The van der Waals surface area contributed by atoms with Gasteiger partial charge < -0.3 is 14.2 Å². The van der Waals surface area contributed by atoms with Crippen LogP contribution in [-0.2, 0) is 15.3 Å². The first-order valence-electron chi connectivity index (χ1n) is 9.01. The highest BCUT2D eigenvalue weighted by molar-refractivity contribution is 7.98. The predicted molar refractivity (Wildman–Crippen MR) is 100 cm³/mol. The van der Waals surface area contributed by atoms with E-state index in [1.54, 1.807) is 23.2 Å². The molecule has 0 bridgehead atoms. The van der Waals surface area contributed by atoms with Crippen LogP contribution in [0.3, 0.4) is 0 Å². The molecule has 0 saturated carbocycles. The number of carbonyl (C=O) groups excluding carboxylic acids is 2. The van der Waals surface area contributed by atoms with E-state index >= 15 is 0 Å². The summed E-state index contributed by atoms with van der Waals surface area (Å²) in [4.78, 5) is 30.9. The van der Waals surface area contributed by atoms with Gasteiger partial charge in [0.25, 0.3) is 5.91 Å². The Morgan fingerprint density at radius 2 is 2.26 bits per heavy atom. The zero-order valence-electron chi connectivity index (χ0n) is 15.5. The summed E-state index contributed by atoms with van der Waals surface area (Å²) in [5.74, 6) is 0.571. The molecule has 144 valence electrons. The number of esters is 1. The van der Waals surface area contributed by atoms with Crippen molar-refractivity contribution in [2.24, 2.45) is 0 Å². The molecule has 1 aliphatic rings. The number of rotatable bonds is 6. The Labute approximate surface area is 162 Å². The highest BCUT2D eigenvalue weighted by Gasteiger charge is 2.24. The number of carbonyl (C=O) groups is 2. The minimum absolute atomic E-state index is 0.147. The summed E-state index contributed by atoms with van der Waals surface area (Å²) in [5, 5.41) is 4.48. The Bertz CT molecular complexity index is 808. The maximum absolute atomic E-state index is 12.5. The van der Waals surface area contributed by atoms with Gasteiger partial charge in [-0.2, -0.15) is 0 Å². The third-order valence-electron chi connectivity index (χ3n) is 4.47. The summed E-state index contributed by atoms with van der Waals surface area (Å²) >= 11 is 1.37. The molecule has 7 nitrogen and oxygen atoms in total. The lowest BCUT2D eigenvalue weighted by atomic mass is 10.0. The Hall–Kier alpha value is -2.35. The van der Waals surface area contributed by atoms with Gasteiger partial charge in [-0.1, -0.05) is 16.9 Å². The van der Waals surface area contributed by atoms with Crippen molar-refractivity contribution in [2.45, 2.75) is 49.9 Å². The Balaban J connectivity index is 1.58. The first-order chi connectivity index (χ1) is 13.0. The van der Waals surface area contributed by atoms with E-state index in [4.69, 9.17) is 9.26 Å². The zero-order valence-corrected chi connectivity index (χ0v) is 16.3. The molecule has 1 fully saturated rings. The second kappa shape index (κ2) is 9.03. The smallest absolute Gasteiger partial charge is 0.341 e. The summed E-state index contributed by atoms with van der Waals surface area (Å²) in [6.45, 7) is 4.33. The van der Waals surface area contributed by atoms with Crippen LogP contribution >= 0.6 is 11.8 Å². The number of aryl methyl sites for hydroxylation is 1. The van der Waals surface area contributed by atoms with Crippen molar-refractivity contribution in [3.05, 3.63) is 41.4 Å². The molecule has 1 saturated heterocycles. The monoisotopic (exact) mass is 389 g/mol. The summed E-state index contributed by atoms with van der Waals surface area (Å²) in [7, 11) is 0. The van der Waals surface area contributed by atoms with Crippen LogP contribution in [0, 0.1) is 6.92 Å². The molecule has 1 aliphatic heterocycles. The topological polar surface area (TPSA) is 85.5 Å². The minimum Gasteiger partial charge on any atom is -0.452 e. The number of piperidine rings is 1. The van der Waals surface area contributed by atoms with Crippen molar-refractivity contribution in [1.82, 2.24) is 15.0 Å². The lowest BCUT2D eigenvalue weighted by Crippen LogP contribution is -2.44. The molecule has 0 spiro atoms. The quantitative estimate of drug-likeness (QED) is 0.554. The van der Waals surface area contributed by atoms with Gasteiger partial charge >= 0.3 is 5.97 Å². The molecule has 0 aromatic carbocycles. The van der Waals surface area contributed by atoms with Gasteiger partial charge in [-0.3, -0.25) is 4.79 Å².